The van der Waals surface area contributed by atoms with Crippen molar-refractivity contribution in [3.63, 3.8) is 0 Å². The Bertz CT molecular complexity index is 651. The van der Waals surface area contributed by atoms with E-state index >= 15 is 0 Å². The number of anilines is 2. The van der Waals surface area contributed by atoms with Gasteiger partial charge >= 0.3 is 0 Å². The number of hydrogen-bond acceptors (Lipinski definition) is 5. The second-order valence-corrected chi connectivity index (χ2v) is 6.10. The molecule has 0 saturated carbocycles. The fourth-order valence-corrected chi connectivity index (χ4v) is 3.27. The molecule has 0 N–H and O–H groups in total. The van der Waals surface area contributed by atoms with Gasteiger partial charge in [0.1, 0.15) is 5.75 Å². The highest BCUT2D eigenvalue weighted by atomic mass is 16.5. The van der Waals surface area contributed by atoms with Crippen molar-refractivity contribution in [1.82, 2.24) is 9.97 Å². The lowest BCUT2D eigenvalue weighted by molar-refractivity contribution is 0.397. The van der Waals surface area contributed by atoms with E-state index in [1.54, 1.807) is 19.5 Å². The molecule has 0 aliphatic carbocycles. The van der Waals surface area contributed by atoms with Crippen LogP contribution >= 0.6 is 0 Å². The molecule has 23 heavy (non-hydrogen) atoms. The average molecular weight is 312 g/mol. The largest absolute Gasteiger partial charge is 0.496 e. The van der Waals surface area contributed by atoms with Crippen molar-refractivity contribution in [2.45, 2.75) is 18.8 Å². The third-order valence-corrected chi connectivity index (χ3v) is 4.46. The van der Waals surface area contributed by atoms with Gasteiger partial charge in [-0.1, -0.05) is 18.2 Å². The number of nitrogens with zero attached hydrogens (tertiary/aromatic N) is 4. The Morgan fingerprint density at radius 2 is 1.78 bits per heavy atom. The molecule has 0 unspecified atom stereocenters. The maximum absolute atomic E-state index is 5.52. The fourth-order valence-electron chi connectivity index (χ4n) is 3.27. The molecular weight excluding hydrogens is 288 g/mol. The normalized spacial score (nSPS) is 15.5. The summed E-state index contributed by atoms with van der Waals surface area (Å²) in [4.78, 5) is 13.4. The summed E-state index contributed by atoms with van der Waals surface area (Å²) < 4.78 is 5.52. The van der Waals surface area contributed by atoms with Gasteiger partial charge in [-0.25, -0.2) is 9.97 Å². The van der Waals surface area contributed by atoms with Gasteiger partial charge in [0, 0.05) is 39.6 Å². The summed E-state index contributed by atoms with van der Waals surface area (Å²) in [6, 6.07) is 8.36. The lowest BCUT2D eigenvalue weighted by Gasteiger charge is -2.34. The molecule has 1 saturated heterocycles. The maximum Gasteiger partial charge on any atom is 0.171 e. The maximum atomic E-state index is 5.52. The monoisotopic (exact) mass is 312 g/mol. The Morgan fingerprint density at radius 1 is 1.09 bits per heavy atom. The van der Waals surface area contributed by atoms with Crippen molar-refractivity contribution in [2.75, 3.05) is 44.1 Å². The van der Waals surface area contributed by atoms with Crippen LogP contribution in [-0.2, 0) is 0 Å². The van der Waals surface area contributed by atoms with Crippen molar-refractivity contribution in [1.29, 1.82) is 0 Å². The van der Waals surface area contributed by atoms with Gasteiger partial charge in [0.05, 0.1) is 7.11 Å². The quantitative estimate of drug-likeness (QED) is 0.868. The Kier molecular flexibility index (Phi) is 4.65. The van der Waals surface area contributed by atoms with Gasteiger partial charge in [-0.2, -0.15) is 0 Å². The predicted octanol–water partition coefficient (Wildman–Crippen LogP) is 2.94. The Labute approximate surface area is 137 Å². The van der Waals surface area contributed by atoms with E-state index in [-0.39, 0.29) is 0 Å². The predicted molar refractivity (Wildman–Crippen MR) is 93.5 cm³/mol. The molecule has 0 amide bonds. The highest BCUT2D eigenvalue weighted by Gasteiger charge is 2.25. The molecule has 2 aromatic rings. The molecule has 3 rings (SSSR count). The van der Waals surface area contributed by atoms with Gasteiger partial charge in [0.2, 0.25) is 0 Å². The van der Waals surface area contributed by atoms with Crippen LogP contribution in [0.25, 0.3) is 0 Å². The van der Waals surface area contributed by atoms with Gasteiger partial charge < -0.3 is 14.5 Å². The lowest BCUT2D eigenvalue weighted by Crippen LogP contribution is -2.35. The minimum absolute atomic E-state index is 0.543. The summed E-state index contributed by atoms with van der Waals surface area (Å²) in [5.74, 6) is 3.46. The first-order valence-corrected chi connectivity index (χ1v) is 8.07. The number of hydrogen-bond donors (Lipinski definition) is 0. The van der Waals surface area contributed by atoms with Crippen LogP contribution in [-0.4, -0.2) is 44.3 Å². The van der Waals surface area contributed by atoms with Crippen LogP contribution in [0.4, 0.5) is 11.6 Å². The number of aromatic nitrogens is 2. The third-order valence-electron chi connectivity index (χ3n) is 4.46. The van der Waals surface area contributed by atoms with Gasteiger partial charge in [0.15, 0.2) is 11.6 Å². The summed E-state index contributed by atoms with van der Waals surface area (Å²) in [6.07, 6.45) is 5.72. The minimum atomic E-state index is 0.543. The zero-order chi connectivity index (χ0) is 16.2. The van der Waals surface area contributed by atoms with Crippen LogP contribution in [0.3, 0.4) is 0 Å². The summed E-state index contributed by atoms with van der Waals surface area (Å²) in [5.41, 5.74) is 1.32. The molecular formula is C18H24N4O. The van der Waals surface area contributed by atoms with E-state index in [2.05, 4.69) is 33.1 Å². The first kappa shape index (κ1) is 15.6. The molecule has 0 bridgehead atoms. The number of benzene rings is 1. The van der Waals surface area contributed by atoms with Crippen LogP contribution in [0.2, 0.25) is 0 Å². The summed E-state index contributed by atoms with van der Waals surface area (Å²) in [6.45, 7) is 1.98. The topological polar surface area (TPSA) is 41.5 Å². The molecule has 2 heterocycles. The molecule has 0 atom stereocenters. The van der Waals surface area contributed by atoms with Gasteiger partial charge in [-0.3, -0.25) is 0 Å². The molecule has 5 heteroatoms. The molecule has 1 aromatic carbocycles. The number of rotatable bonds is 4. The van der Waals surface area contributed by atoms with E-state index in [1.807, 2.05) is 25.1 Å². The molecule has 0 radical (unpaired) electrons. The molecule has 1 aliphatic rings. The molecule has 1 aromatic heterocycles. The smallest absolute Gasteiger partial charge is 0.171 e. The average Bonchev–Trinajstić information content (AvgIpc) is 2.62. The summed E-state index contributed by atoms with van der Waals surface area (Å²) in [7, 11) is 5.76. The van der Waals surface area contributed by atoms with Gasteiger partial charge in [0.25, 0.3) is 0 Å². The van der Waals surface area contributed by atoms with Crippen LogP contribution in [0.15, 0.2) is 36.7 Å². The summed E-state index contributed by atoms with van der Waals surface area (Å²) in [5, 5.41) is 0. The third kappa shape index (κ3) is 3.23. The number of piperidine rings is 1. The van der Waals surface area contributed by atoms with E-state index in [4.69, 9.17) is 4.74 Å². The van der Waals surface area contributed by atoms with Crippen LogP contribution in [0.5, 0.6) is 5.75 Å². The molecule has 0 spiro atoms. The lowest BCUT2D eigenvalue weighted by atomic mass is 9.89. The number of ether oxygens (including phenoxy) is 1. The van der Waals surface area contributed by atoms with Crippen molar-refractivity contribution in [3.8, 4) is 5.75 Å². The van der Waals surface area contributed by atoms with Crippen LogP contribution < -0.4 is 14.5 Å². The first-order valence-electron chi connectivity index (χ1n) is 8.07. The zero-order valence-electron chi connectivity index (χ0n) is 14.1. The van der Waals surface area contributed by atoms with E-state index in [0.29, 0.717) is 5.92 Å². The Morgan fingerprint density at radius 3 is 2.48 bits per heavy atom. The SMILES string of the molecule is COc1ccccc1C1CCN(c2nccnc2N(C)C)CC1. The van der Waals surface area contributed by atoms with Crippen LogP contribution in [0.1, 0.15) is 24.3 Å². The van der Waals surface area contributed by atoms with Crippen molar-refractivity contribution in [2.24, 2.45) is 0 Å². The minimum Gasteiger partial charge on any atom is -0.496 e. The molecule has 1 aliphatic heterocycles. The first-order chi connectivity index (χ1) is 11.2. The number of methoxy groups -OCH3 is 1. The second kappa shape index (κ2) is 6.86. The molecule has 5 nitrogen and oxygen atoms in total. The molecule has 122 valence electrons. The van der Waals surface area contributed by atoms with Gasteiger partial charge in [-0.15, -0.1) is 0 Å². The van der Waals surface area contributed by atoms with Crippen molar-refractivity contribution in [3.05, 3.63) is 42.2 Å². The summed E-state index contributed by atoms with van der Waals surface area (Å²) >= 11 is 0. The highest BCUT2D eigenvalue weighted by molar-refractivity contribution is 5.61. The Balaban J connectivity index is 1.74. The van der Waals surface area contributed by atoms with E-state index in [9.17, 15) is 0 Å². The van der Waals surface area contributed by atoms with Crippen molar-refractivity contribution >= 4 is 11.6 Å². The standard InChI is InChI=1S/C18H24N4O/c1-21(2)17-18(20-11-10-19-17)22-12-8-14(9-13-22)15-6-4-5-7-16(15)23-3/h4-7,10-11,14H,8-9,12-13H2,1-3H3. The van der Waals surface area contributed by atoms with Crippen LogP contribution in [0, 0.1) is 0 Å². The zero-order valence-corrected chi connectivity index (χ0v) is 14.1. The van der Waals surface area contributed by atoms with E-state index in [0.717, 1.165) is 43.3 Å². The van der Waals surface area contributed by atoms with E-state index in [1.165, 1.54) is 5.56 Å². The Hall–Kier alpha value is -2.30. The highest BCUT2D eigenvalue weighted by Crippen LogP contribution is 2.36. The van der Waals surface area contributed by atoms with Crippen molar-refractivity contribution < 1.29 is 4.74 Å². The fraction of sp³-hybridized carbons (Fsp3) is 0.444. The molecule has 1 fully saturated rings. The van der Waals surface area contributed by atoms with Gasteiger partial charge in [-0.05, 0) is 30.4 Å². The number of para-hydroxylation sites is 1. The van der Waals surface area contributed by atoms with E-state index < -0.39 is 0 Å². The second-order valence-electron chi connectivity index (χ2n) is 6.10.